The molecule has 0 heterocycles. The van der Waals surface area contributed by atoms with Crippen molar-refractivity contribution in [3.63, 3.8) is 0 Å². The van der Waals surface area contributed by atoms with Crippen molar-refractivity contribution in [3.8, 4) is 0 Å². The topological polar surface area (TPSA) is 55.1 Å². The van der Waals surface area contributed by atoms with Crippen LogP contribution in [0.2, 0.25) is 0 Å². The van der Waals surface area contributed by atoms with Crippen molar-refractivity contribution in [1.29, 1.82) is 0 Å². The first kappa shape index (κ1) is 11.5. The average Bonchev–Trinajstić information content (AvgIpc) is 2.26. The van der Waals surface area contributed by atoms with E-state index < -0.39 is 5.54 Å². The third kappa shape index (κ3) is 1.55. The minimum absolute atomic E-state index is 0.169. The minimum Gasteiger partial charge on any atom is -0.368 e. The van der Waals surface area contributed by atoms with Gasteiger partial charge in [-0.15, -0.1) is 0 Å². The normalized spacial score (nSPS) is 46.8. The summed E-state index contributed by atoms with van der Waals surface area (Å²) in [5, 5.41) is 3.23. The second-order valence-corrected chi connectivity index (χ2v) is 6.77. The van der Waals surface area contributed by atoms with Gasteiger partial charge in [-0.3, -0.25) is 4.79 Å². The maximum absolute atomic E-state index is 11.8. The standard InChI is InChI=1S/C14H24N2O/c1-14(16-2,13(15)17)12-10-4-8-3-9(6-10)7-11(12)5-8/h8-12,16H,3-7H2,1-2H3,(H2,15,17). The molecule has 1 atom stereocenters. The van der Waals surface area contributed by atoms with Crippen molar-refractivity contribution >= 4 is 5.91 Å². The third-order valence-electron chi connectivity index (χ3n) is 5.92. The van der Waals surface area contributed by atoms with E-state index in [1.54, 1.807) is 0 Å². The number of likely N-dealkylation sites (N-methyl/N-ethyl adjacent to an activating group) is 1. The molecular formula is C14H24N2O. The van der Waals surface area contributed by atoms with Gasteiger partial charge in [0.2, 0.25) is 5.91 Å². The number of hydrogen-bond donors (Lipinski definition) is 2. The van der Waals surface area contributed by atoms with E-state index in [0.717, 1.165) is 23.7 Å². The van der Waals surface area contributed by atoms with Gasteiger partial charge in [0.05, 0.1) is 5.54 Å². The lowest BCUT2D eigenvalue weighted by Crippen LogP contribution is -2.64. The van der Waals surface area contributed by atoms with Crippen LogP contribution in [0.5, 0.6) is 0 Å². The van der Waals surface area contributed by atoms with Crippen LogP contribution in [-0.2, 0) is 4.79 Å². The Labute approximate surface area is 104 Å². The number of primary amides is 1. The number of carbonyl (C=O) groups is 1. The average molecular weight is 236 g/mol. The van der Waals surface area contributed by atoms with E-state index in [2.05, 4.69) is 5.32 Å². The monoisotopic (exact) mass is 236 g/mol. The molecule has 4 aliphatic rings. The van der Waals surface area contributed by atoms with Crippen LogP contribution in [-0.4, -0.2) is 18.5 Å². The smallest absolute Gasteiger partial charge is 0.237 e. The Kier molecular flexibility index (Phi) is 2.51. The van der Waals surface area contributed by atoms with E-state index in [1.165, 1.54) is 32.1 Å². The Morgan fingerprint density at radius 2 is 1.59 bits per heavy atom. The molecule has 0 saturated heterocycles. The van der Waals surface area contributed by atoms with Gasteiger partial charge in [0.1, 0.15) is 0 Å². The third-order valence-corrected chi connectivity index (χ3v) is 5.92. The zero-order chi connectivity index (χ0) is 12.2. The Morgan fingerprint density at radius 3 is 1.94 bits per heavy atom. The van der Waals surface area contributed by atoms with Gasteiger partial charge in [-0.25, -0.2) is 0 Å². The zero-order valence-electron chi connectivity index (χ0n) is 10.9. The molecule has 1 unspecified atom stereocenters. The first-order valence-electron chi connectivity index (χ1n) is 7.03. The van der Waals surface area contributed by atoms with Crippen LogP contribution in [0.4, 0.5) is 0 Å². The van der Waals surface area contributed by atoms with Crippen molar-refractivity contribution in [2.75, 3.05) is 7.05 Å². The highest BCUT2D eigenvalue weighted by atomic mass is 16.1. The fourth-order valence-electron chi connectivity index (χ4n) is 5.32. The number of nitrogens with two attached hydrogens (primary N) is 1. The van der Waals surface area contributed by atoms with Crippen molar-refractivity contribution in [2.24, 2.45) is 35.3 Å². The molecule has 96 valence electrons. The minimum atomic E-state index is -0.497. The van der Waals surface area contributed by atoms with Gasteiger partial charge >= 0.3 is 0 Å². The fourth-order valence-corrected chi connectivity index (χ4v) is 5.32. The van der Waals surface area contributed by atoms with Gasteiger partial charge in [0.25, 0.3) is 0 Å². The summed E-state index contributed by atoms with van der Waals surface area (Å²) in [4.78, 5) is 11.8. The molecule has 3 N–H and O–H groups in total. The summed E-state index contributed by atoms with van der Waals surface area (Å²) in [6, 6.07) is 0. The molecule has 4 rings (SSSR count). The zero-order valence-corrected chi connectivity index (χ0v) is 10.9. The van der Waals surface area contributed by atoms with Gasteiger partial charge in [0, 0.05) is 0 Å². The number of carbonyl (C=O) groups excluding carboxylic acids is 1. The van der Waals surface area contributed by atoms with Crippen LogP contribution in [0.25, 0.3) is 0 Å². The van der Waals surface area contributed by atoms with Crippen molar-refractivity contribution in [3.05, 3.63) is 0 Å². The Bertz CT molecular complexity index is 313. The molecule has 0 aliphatic heterocycles. The maximum Gasteiger partial charge on any atom is 0.237 e. The molecule has 0 aromatic heterocycles. The van der Waals surface area contributed by atoms with Gasteiger partial charge < -0.3 is 11.1 Å². The predicted octanol–water partition coefficient (Wildman–Crippen LogP) is 1.52. The summed E-state index contributed by atoms with van der Waals surface area (Å²) in [5.74, 6) is 3.66. The summed E-state index contributed by atoms with van der Waals surface area (Å²) < 4.78 is 0. The SMILES string of the molecule is CNC(C)(C(N)=O)C1C2CC3CC(C2)CC1C3. The molecule has 4 aliphatic carbocycles. The van der Waals surface area contributed by atoms with Crippen LogP contribution < -0.4 is 11.1 Å². The van der Waals surface area contributed by atoms with Crippen LogP contribution in [0.3, 0.4) is 0 Å². The van der Waals surface area contributed by atoms with E-state index in [0.29, 0.717) is 5.92 Å². The lowest BCUT2D eigenvalue weighted by atomic mass is 9.48. The molecule has 4 saturated carbocycles. The van der Waals surface area contributed by atoms with E-state index in [9.17, 15) is 4.79 Å². The van der Waals surface area contributed by atoms with Gasteiger partial charge in [0.15, 0.2) is 0 Å². The maximum atomic E-state index is 11.8. The summed E-state index contributed by atoms with van der Waals surface area (Å²) in [6.07, 6.45) is 6.79. The van der Waals surface area contributed by atoms with E-state index in [4.69, 9.17) is 5.73 Å². The second kappa shape index (κ2) is 3.71. The van der Waals surface area contributed by atoms with Crippen LogP contribution >= 0.6 is 0 Å². The summed E-state index contributed by atoms with van der Waals surface area (Å²) in [5.41, 5.74) is 5.16. The lowest BCUT2D eigenvalue weighted by molar-refractivity contribution is -0.135. The molecule has 0 radical (unpaired) electrons. The Morgan fingerprint density at radius 1 is 1.12 bits per heavy atom. The molecule has 0 aromatic rings. The van der Waals surface area contributed by atoms with Gasteiger partial charge in [-0.05, 0) is 75.7 Å². The molecule has 4 fully saturated rings. The molecule has 17 heavy (non-hydrogen) atoms. The quantitative estimate of drug-likeness (QED) is 0.780. The van der Waals surface area contributed by atoms with Crippen LogP contribution in [0, 0.1) is 29.6 Å². The molecule has 1 amide bonds. The van der Waals surface area contributed by atoms with Gasteiger partial charge in [-0.1, -0.05) is 0 Å². The first-order valence-corrected chi connectivity index (χ1v) is 7.03. The predicted molar refractivity (Wildman–Crippen MR) is 67.2 cm³/mol. The highest BCUT2D eigenvalue weighted by Gasteiger charge is 2.55. The number of nitrogens with one attached hydrogen (secondary N) is 1. The van der Waals surface area contributed by atoms with Crippen molar-refractivity contribution < 1.29 is 4.79 Å². The largest absolute Gasteiger partial charge is 0.368 e. The lowest BCUT2D eigenvalue weighted by Gasteiger charge is -2.58. The second-order valence-electron chi connectivity index (χ2n) is 6.77. The highest BCUT2D eigenvalue weighted by molar-refractivity contribution is 5.84. The summed E-state index contributed by atoms with van der Waals surface area (Å²) in [7, 11) is 1.88. The molecule has 0 spiro atoms. The Hall–Kier alpha value is -0.570. The molecule has 4 bridgehead atoms. The fraction of sp³-hybridized carbons (Fsp3) is 0.929. The Balaban J connectivity index is 1.91. The molecule has 0 aromatic carbocycles. The summed E-state index contributed by atoms with van der Waals surface area (Å²) >= 11 is 0. The van der Waals surface area contributed by atoms with E-state index in [1.807, 2.05) is 14.0 Å². The van der Waals surface area contributed by atoms with Crippen molar-refractivity contribution in [1.82, 2.24) is 5.32 Å². The highest BCUT2D eigenvalue weighted by Crippen LogP contribution is 2.58. The molecular weight excluding hydrogens is 212 g/mol. The summed E-state index contributed by atoms with van der Waals surface area (Å²) in [6.45, 7) is 2.02. The van der Waals surface area contributed by atoms with Crippen LogP contribution in [0.15, 0.2) is 0 Å². The van der Waals surface area contributed by atoms with E-state index >= 15 is 0 Å². The molecule has 3 heteroatoms. The number of hydrogen-bond acceptors (Lipinski definition) is 2. The van der Waals surface area contributed by atoms with Gasteiger partial charge in [-0.2, -0.15) is 0 Å². The number of rotatable bonds is 3. The number of amides is 1. The van der Waals surface area contributed by atoms with E-state index in [-0.39, 0.29) is 5.91 Å². The van der Waals surface area contributed by atoms with Crippen LogP contribution in [0.1, 0.15) is 39.0 Å². The molecule has 3 nitrogen and oxygen atoms in total. The van der Waals surface area contributed by atoms with Crippen molar-refractivity contribution in [2.45, 2.75) is 44.6 Å². The first-order chi connectivity index (χ1) is 8.04.